The molecule has 1 aliphatic carbocycles. The highest BCUT2D eigenvalue weighted by Gasteiger charge is 2.36. The second kappa shape index (κ2) is 7.49. The second-order valence-corrected chi connectivity index (χ2v) is 6.62. The van der Waals surface area contributed by atoms with Gasteiger partial charge in [-0.15, -0.1) is 0 Å². The third kappa shape index (κ3) is 3.19. The summed E-state index contributed by atoms with van der Waals surface area (Å²) in [5.74, 6) is -1.92. The van der Waals surface area contributed by atoms with Crippen molar-refractivity contribution in [1.29, 1.82) is 0 Å². The summed E-state index contributed by atoms with van der Waals surface area (Å²) in [7, 11) is 0. The van der Waals surface area contributed by atoms with Crippen molar-refractivity contribution in [1.82, 2.24) is 0 Å². The van der Waals surface area contributed by atoms with Gasteiger partial charge < -0.3 is 5.11 Å². The molecule has 4 rings (SSSR count). The van der Waals surface area contributed by atoms with Crippen LogP contribution in [0.4, 0.5) is 0 Å². The van der Waals surface area contributed by atoms with Gasteiger partial charge in [-0.2, -0.15) is 0 Å². The summed E-state index contributed by atoms with van der Waals surface area (Å²) in [4.78, 5) is 25.6. The predicted octanol–water partition coefficient (Wildman–Crippen LogP) is 5.22. The molecule has 3 aromatic rings. The van der Waals surface area contributed by atoms with Gasteiger partial charge in [0.05, 0.1) is 5.57 Å². The first-order chi connectivity index (χ1) is 13.7. The molecular weight excluding hydrogens is 348 g/mol. The summed E-state index contributed by atoms with van der Waals surface area (Å²) < 4.78 is 0. The number of Topliss-reactive ketones (excluding diaryl/α,β-unsaturated/α-hetero) is 2. The topological polar surface area (TPSA) is 54.4 Å². The van der Waals surface area contributed by atoms with Crippen molar-refractivity contribution in [3.63, 3.8) is 0 Å². The van der Waals surface area contributed by atoms with Crippen LogP contribution in [-0.2, 0) is 4.79 Å². The van der Waals surface area contributed by atoms with Crippen molar-refractivity contribution < 1.29 is 14.7 Å². The average Bonchev–Trinajstić information content (AvgIpc) is 2.76. The van der Waals surface area contributed by atoms with Crippen molar-refractivity contribution in [2.24, 2.45) is 0 Å². The van der Waals surface area contributed by atoms with Crippen LogP contribution in [0, 0.1) is 0 Å². The molecular formula is C25H18O3. The van der Waals surface area contributed by atoms with Crippen LogP contribution in [0.5, 0.6) is 0 Å². The van der Waals surface area contributed by atoms with Gasteiger partial charge in [0, 0.05) is 17.0 Å². The van der Waals surface area contributed by atoms with Crippen LogP contribution < -0.4 is 0 Å². The van der Waals surface area contributed by atoms with Gasteiger partial charge in [-0.1, -0.05) is 97.1 Å². The first kappa shape index (κ1) is 17.7. The van der Waals surface area contributed by atoms with Crippen LogP contribution >= 0.6 is 0 Å². The number of ketones is 2. The second-order valence-electron chi connectivity index (χ2n) is 6.62. The number of rotatable bonds is 4. The number of fused-ring (bicyclic) bond motifs is 1. The zero-order valence-electron chi connectivity index (χ0n) is 15.1. The summed E-state index contributed by atoms with van der Waals surface area (Å²) in [6.07, 6.45) is 3.76. The molecule has 0 fully saturated rings. The normalized spacial score (nSPS) is 15.0. The van der Waals surface area contributed by atoms with Gasteiger partial charge in [0.2, 0.25) is 11.6 Å². The van der Waals surface area contributed by atoms with Crippen LogP contribution in [0.1, 0.15) is 33.0 Å². The summed E-state index contributed by atoms with van der Waals surface area (Å²) in [5, 5.41) is 10.9. The highest BCUT2D eigenvalue weighted by molar-refractivity contribution is 6.52. The smallest absolute Gasteiger partial charge is 0.234 e. The quantitative estimate of drug-likeness (QED) is 0.644. The zero-order chi connectivity index (χ0) is 19.5. The van der Waals surface area contributed by atoms with Gasteiger partial charge in [-0.3, -0.25) is 9.59 Å². The molecule has 0 aromatic heterocycles. The lowest BCUT2D eigenvalue weighted by Gasteiger charge is -2.23. The van der Waals surface area contributed by atoms with Gasteiger partial charge in [-0.05, 0) is 11.1 Å². The Balaban J connectivity index is 1.88. The minimum Gasteiger partial charge on any atom is -0.507 e. The molecule has 0 heterocycles. The Morgan fingerprint density at radius 1 is 0.679 bits per heavy atom. The highest BCUT2D eigenvalue weighted by atomic mass is 16.3. The molecule has 1 unspecified atom stereocenters. The molecule has 0 spiro atoms. The van der Waals surface area contributed by atoms with Crippen molar-refractivity contribution in [3.05, 3.63) is 119 Å². The number of carbonyl (C=O) groups is 2. The molecule has 1 N–H and O–H groups in total. The molecule has 0 radical (unpaired) electrons. The number of hydrogen-bond acceptors (Lipinski definition) is 3. The largest absolute Gasteiger partial charge is 0.507 e. The van der Waals surface area contributed by atoms with Crippen molar-refractivity contribution >= 4 is 23.4 Å². The SMILES string of the molecule is O=C1C(=O)c2ccccc2C(O)=C1C(/C=C/c1ccccc1)c1ccccc1. The molecule has 1 aliphatic rings. The lowest BCUT2D eigenvalue weighted by atomic mass is 9.79. The average molecular weight is 366 g/mol. The number of aliphatic hydroxyl groups is 1. The molecule has 28 heavy (non-hydrogen) atoms. The number of aliphatic hydroxyl groups excluding tert-OH is 1. The maximum absolute atomic E-state index is 12.9. The van der Waals surface area contributed by atoms with Crippen LogP contribution in [0.15, 0.2) is 96.6 Å². The van der Waals surface area contributed by atoms with Crippen LogP contribution in [-0.4, -0.2) is 16.7 Å². The van der Waals surface area contributed by atoms with Crippen molar-refractivity contribution in [3.8, 4) is 0 Å². The fourth-order valence-electron chi connectivity index (χ4n) is 3.48. The van der Waals surface area contributed by atoms with E-state index in [1.54, 1.807) is 24.3 Å². The third-order valence-electron chi connectivity index (χ3n) is 4.88. The van der Waals surface area contributed by atoms with Gasteiger partial charge in [0.1, 0.15) is 5.76 Å². The molecule has 0 amide bonds. The lowest BCUT2D eigenvalue weighted by Crippen LogP contribution is -2.27. The standard InChI is InChI=1S/C25H18O3/c26-23-20-13-7-8-14-21(20)24(27)25(28)22(23)19(18-11-5-2-6-12-18)16-15-17-9-3-1-4-10-17/h1-16,19,26H/b16-15+. The van der Waals surface area contributed by atoms with E-state index in [1.165, 1.54) is 0 Å². The van der Waals surface area contributed by atoms with E-state index in [0.29, 0.717) is 5.56 Å². The lowest BCUT2D eigenvalue weighted by molar-refractivity contribution is -0.112. The number of benzene rings is 3. The summed E-state index contributed by atoms with van der Waals surface area (Å²) in [6, 6.07) is 25.8. The van der Waals surface area contributed by atoms with Crippen molar-refractivity contribution in [2.75, 3.05) is 0 Å². The number of allylic oxidation sites excluding steroid dienone is 2. The van der Waals surface area contributed by atoms with E-state index in [1.807, 2.05) is 72.8 Å². The van der Waals surface area contributed by atoms with E-state index in [4.69, 9.17) is 0 Å². The third-order valence-corrected chi connectivity index (χ3v) is 4.88. The maximum atomic E-state index is 12.9. The molecule has 0 bridgehead atoms. The van der Waals surface area contributed by atoms with Crippen LogP contribution in [0.2, 0.25) is 0 Å². The molecule has 0 saturated heterocycles. The Kier molecular flexibility index (Phi) is 4.73. The van der Waals surface area contributed by atoms with E-state index in [9.17, 15) is 14.7 Å². The summed E-state index contributed by atoms with van der Waals surface area (Å²) >= 11 is 0. The summed E-state index contributed by atoms with van der Waals surface area (Å²) in [5.41, 5.74) is 2.56. The maximum Gasteiger partial charge on any atom is 0.234 e. The minimum atomic E-state index is -0.664. The molecule has 1 atom stereocenters. The number of hydrogen-bond donors (Lipinski definition) is 1. The highest BCUT2D eigenvalue weighted by Crippen LogP contribution is 2.37. The van der Waals surface area contributed by atoms with Crippen LogP contribution in [0.3, 0.4) is 0 Å². The Morgan fingerprint density at radius 2 is 1.25 bits per heavy atom. The number of carbonyl (C=O) groups excluding carboxylic acids is 2. The first-order valence-corrected chi connectivity index (χ1v) is 9.06. The van der Waals surface area contributed by atoms with E-state index in [-0.39, 0.29) is 16.9 Å². The Bertz CT molecular complexity index is 1090. The van der Waals surface area contributed by atoms with Gasteiger partial charge in [-0.25, -0.2) is 0 Å². The molecule has 0 aliphatic heterocycles. The van der Waals surface area contributed by atoms with Crippen LogP contribution in [0.25, 0.3) is 11.8 Å². The van der Waals surface area contributed by atoms with Gasteiger partial charge in [0.25, 0.3) is 0 Å². The van der Waals surface area contributed by atoms with E-state index >= 15 is 0 Å². The van der Waals surface area contributed by atoms with Crippen molar-refractivity contribution in [2.45, 2.75) is 5.92 Å². The monoisotopic (exact) mass is 366 g/mol. The Labute approximate surface area is 163 Å². The van der Waals surface area contributed by atoms with E-state index < -0.39 is 17.5 Å². The first-order valence-electron chi connectivity index (χ1n) is 9.06. The Hall–Kier alpha value is -3.72. The summed E-state index contributed by atoms with van der Waals surface area (Å²) in [6.45, 7) is 0. The molecule has 3 heteroatoms. The molecule has 0 saturated carbocycles. The minimum absolute atomic E-state index is 0.113. The molecule has 3 nitrogen and oxygen atoms in total. The van der Waals surface area contributed by atoms with E-state index in [2.05, 4.69) is 0 Å². The van der Waals surface area contributed by atoms with Gasteiger partial charge in [0.15, 0.2) is 0 Å². The predicted molar refractivity (Wildman–Crippen MR) is 110 cm³/mol. The van der Waals surface area contributed by atoms with E-state index in [0.717, 1.165) is 11.1 Å². The fraction of sp³-hybridized carbons (Fsp3) is 0.0400. The molecule has 136 valence electrons. The Morgan fingerprint density at radius 3 is 1.93 bits per heavy atom. The fourth-order valence-corrected chi connectivity index (χ4v) is 3.48. The zero-order valence-corrected chi connectivity index (χ0v) is 15.1. The molecule has 3 aromatic carbocycles. The van der Waals surface area contributed by atoms with Gasteiger partial charge >= 0.3 is 0 Å².